The van der Waals surface area contributed by atoms with E-state index >= 15 is 0 Å². The van der Waals surface area contributed by atoms with Gasteiger partial charge in [0, 0.05) is 0 Å². The molecular weight excluding hydrogens is 347 g/mol. The zero-order valence-corrected chi connectivity index (χ0v) is 15.3. The van der Waals surface area contributed by atoms with Crippen LogP contribution in [-0.4, -0.2) is 27.7 Å². The molecule has 1 N–H and O–H groups in total. The Bertz CT molecular complexity index is 779. The first-order valence-electron chi connectivity index (χ1n) is 7.65. The van der Waals surface area contributed by atoms with Crippen molar-refractivity contribution in [2.24, 2.45) is 5.10 Å². The van der Waals surface area contributed by atoms with Crippen LogP contribution in [0.5, 0.6) is 0 Å². The van der Waals surface area contributed by atoms with Crippen LogP contribution < -0.4 is 5.43 Å². The van der Waals surface area contributed by atoms with E-state index in [9.17, 15) is 9.18 Å². The molecule has 0 fully saturated rings. The first kappa shape index (κ1) is 18.9. The van der Waals surface area contributed by atoms with Gasteiger partial charge in [-0.05, 0) is 45.4 Å². The maximum absolute atomic E-state index is 13.0. The molecule has 8 heteroatoms. The molecule has 0 aliphatic rings. The van der Waals surface area contributed by atoms with Gasteiger partial charge in [0.15, 0.2) is 0 Å². The number of aryl methyl sites for hydroxylation is 1. The Morgan fingerprint density at radius 2 is 2.04 bits per heavy atom. The number of nitrogens with one attached hydrogen (secondary N) is 1. The number of hydrogen-bond donors (Lipinski definition) is 1. The highest BCUT2D eigenvalue weighted by atomic mass is 35.5. The number of amides is 1. The zero-order chi connectivity index (χ0) is 18.6. The van der Waals surface area contributed by atoms with E-state index in [1.54, 1.807) is 44.5 Å². The predicted molar refractivity (Wildman–Crippen MR) is 94.4 cm³/mol. The standard InChI is InChI=1S/C17H20ClFN4O2/c1-11-14(9-20-21-16(24)25-17(2,3)4)15(18)23(22-11)10-12-5-7-13(19)8-6-12/h5-9H,10H2,1-4H3,(H,21,24)/b20-9-. The van der Waals surface area contributed by atoms with Crippen molar-refractivity contribution >= 4 is 23.9 Å². The number of benzene rings is 1. The fourth-order valence-corrected chi connectivity index (χ4v) is 2.31. The highest BCUT2D eigenvalue weighted by Gasteiger charge is 2.16. The van der Waals surface area contributed by atoms with Crippen molar-refractivity contribution in [3.63, 3.8) is 0 Å². The van der Waals surface area contributed by atoms with Gasteiger partial charge in [-0.3, -0.25) is 0 Å². The van der Waals surface area contributed by atoms with E-state index in [0.717, 1.165) is 5.56 Å². The molecule has 0 saturated heterocycles. The normalized spacial score (nSPS) is 11.8. The molecule has 0 spiro atoms. The van der Waals surface area contributed by atoms with Crippen LogP contribution in [0.3, 0.4) is 0 Å². The van der Waals surface area contributed by atoms with Gasteiger partial charge < -0.3 is 4.74 Å². The first-order chi connectivity index (χ1) is 11.7. The van der Waals surface area contributed by atoms with E-state index in [2.05, 4.69) is 15.6 Å². The topological polar surface area (TPSA) is 68.5 Å². The van der Waals surface area contributed by atoms with Crippen LogP contribution in [0.2, 0.25) is 5.15 Å². The second-order valence-corrected chi connectivity index (χ2v) is 6.80. The summed E-state index contributed by atoms with van der Waals surface area (Å²) in [4.78, 5) is 11.6. The summed E-state index contributed by atoms with van der Waals surface area (Å²) in [6.45, 7) is 7.46. The highest BCUT2D eigenvalue weighted by Crippen LogP contribution is 2.19. The van der Waals surface area contributed by atoms with Crippen LogP contribution in [0.4, 0.5) is 9.18 Å². The number of carbonyl (C=O) groups excluding carboxylic acids is 1. The van der Waals surface area contributed by atoms with Crippen LogP contribution >= 0.6 is 11.6 Å². The Labute approximate surface area is 150 Å². The molecule has 2 rings (SSSR count). The molecule has 2 aromatic rings. The fraction of sp³-hybridized carbons (Fsp3) is 0.353. The fourth-order valence-electron chi connectivity index (χ4n) is 2.03. The summed E-state index contributed by atoms with van der Waals surface area (Å²) in [6.07, 6.45) is 0.756. The van der Waals surface area contributed by atoms with Crippen LogP contribution in [0.1, 0.15) is 37.6 Å². The molecule has 6 nitrogen and oxygen atoms in total. The minimum absolute atomic E-state index is 0.299. The lowest BCUT2D eigenvalue weighted by Crippen LogP contribution is -2.29. The Hall–Kier alpha value is -2.41. The van der Waals surface area contributed by atoms with E-state index < -0.39 is 11.7 Å². The molecule has 0 saturated carbocycles. The Morgan fingerprint density at radius 3 is 2.64 bits per heavy atom. The van der Waals surface area contributed by atoms with Crippen molar-refractivity contribution in [3.8, 4) is 0 Å². The molecule has 0 atom stereocenters. The molecule has 1 aromatic heterocycles. The zero-order valence-electron chi connectivity index (χ0n) is 14.5. The molecule has 0 unspecified atom stereocenters. The van der Waals surface area contributed by atoms with Gasteiger partial charge in [0.25, 0.3) is 0 Å². The molecule has 25 heavy (non-hydrogen) atoms. The molecule has 0 aliphatic carbocycles. The molecule has 0 radical (unpaired) electrons. The quantitative estimate of drug-likeness (QED) is 0.659. The predicted octanol–water partition coefficient (Wildman–Crippen LogP) is 3.89. The van der Waals surface area contributed by atoms with Crippen molar-refractivity contribution in [1.29, 1.82) is 0 Å². The summed E-state index contributed by atoms with van der Waals surface area (Å²) < 4.78 is 19.6. The number of hydrazone groups is 1. The number of aromatic nitrogens is 2. The van der Waals surface area contributed by atoms with E-state index in [-0.39, 0.29) is 5.82 Å². The van der Waals surface area contributed by atoms with Crippen molar-refractivity contribution < 1.29 is 13.9 Å². The molecular formula is C17H20ClFN4O2. The highest BCUT2D eigenvalue weighted by molar-refractivity contribution is 6.32. The number of rotatable bonds is 4. The van der Waals surface area contributed by atoms with Gasteiger partial charge in [-0.2, -0.15) is 10.2 Å². The third kappa shape index (κ3) is 5.56. The Balaban J connectivity index is 2.07. The molecule has 134 valence electrons. The number of carbonyl (C=O) groups is 1. The third-order valence-corrected chi connectivity index (χ3v) is 3.50. The number of hydrogen-bond acceptors (Lipinski definition) is 4. The minimum atomic E-state index is -0.656. The largest absolute Gasteiger partial charge is 0.443 e. The van der Waals surface area contributed by atoms with Gasteiger partial charge in [0.05, 0.1) is 24.0 Å². The smallest absolute Gasteiger partial charge is 0.428 e. The number of halogens is 2. The Morgan fingerprint density at radius 1 is 1.40 bits per heavy atom. The van der Waals surface area contributed by atoms with Gasteiger partial charge in [0.1, 0.15) is 16.6 Å². The van der Waals surface area contributed by atoms with Gasteiger partial charge in [-0.1, -0.05) is 23.7 Å². The molecule has 1 amide bonds. The maximum atomic E-state index is 13.0. The van der Waals surface area contributed by atoms with Gasteiger partial charge in [-0.15, -0.1) is 0 Å². The Kier molecular flexibility index (Phi) is 5.79. The monoisotopic (exact) mass is 366 g/mol. The van der Waals surface area contributed by atoms with E-state index in [0.29, 0.717) is 23.0 Å². The second kappa shape index (κ2) is 7.65. The second-order valence-electron chi connectivity index (χ2n) is 6.45. The van der Waals surface area contributed by atoms with Crippen molar-refractivity contribution in [2.75, 3.05) is 0 Å². The summed E-state index contributed by atoms with van der Waals surface area (Å²) in [7, 11) is 0. The first-order valence-corrected chi connectivity index (χ1v) is 8.03. The number of ether oxygens (including phenoxy) is 1. The lowest BCUT2D eigenvalue weighted by Gasteiger charge is -2.18. The summed E-state index contributed by atoms with van der Waals surface area (Å²) in [5.74, 6) is -0.299. The van der Waals surface area contributed by atoms with Gasteiger partial charge in [0.2, 0.25) is 0 Å². The lowest BCUT2D eigenvalue weighted by atomic mass is 10.2. The average Bonchev–Trinajstić information content (AvgIpc) is 2.75. The van der Waals surface area contributed by atoms with Crippen LogP contribution in [-0.2, 0) is 11.3 Å². The minimum Gasteiger partial charge on any atom is -0.443 e. The summed E-state index contributed by atoms with van der Waals surface area (Å²) in [5.41, 5.74) is 3.77. The lowest BCUT2D eigenvalue weighted by molar-refractivity contribution is 0.0529. The van der Waals surface area contributed by atoms with Crippen LogP contribution in [0, 0.1) is 12.7 Å². The van der Waals surface area contributed by atoms with Crippen LogP contribution in [0.25, 0.3) is 0 Å². The summed E-state index contributed by atoms with van der Waals surface area (Å²) in [5, 5.41) is 8.56. The molecule has 1 aromatic carbocycles. The molecule has 0 aliphatic heterocycles. The number of nitrogens with zero attached hydrogens (tertiary/aromatic N) is 3. The van der Waals surface area contributed by atoms with Gasteiger partial charge in [-0.25, -0.2) is 19.3 Å². The molecule has 1 heterocycles. The third-order valence-electron chi connectivity index (χ3n) is 3.10. The van der Waals surface area contributed by atoms with E-state index in [4.69, 9.17) is 16.3 Å². The van der Waals surface area contributed by atoms with Crippen molar-refractivity contribution in [3.05, 3.63) is 52.1 Å². The van der Waals surface area contributed by atoms with E-state index in [1.807, 2.05) is 0 Å². The summed E-state index contributed by atoms with van der Waals surface area (Å²) in [6, 6.07) is 6.10. The molecule has 0 bridgehead atoms. The summed E-state index contributed by atoms with van der Waals surface area (Å²) >= 11 is 6.32. The van der Waals surface area contributed by atoms with Crippen LogP contribution in [0.15, 0.2) is 29.4 Å². The average molecular weight is 367 g/mol. The SMILES string of the molecule is Cc1nn(Cc2ccc(F)cc2)c(Cl)c1/C=N\NC(=O)OC(C)(C)C. The maximum Gasteiger partial charge on any atom is 0.428 e. The van der Waals surface area contributed by atoms with Gasteiger partial charge >= 0.3 is 6.09 Å². The van der Waals surface area contributed by atoms with E-state index in [1.165, 1.54) is 18.3 Å². The van der Waals surface area contributed by atoms with Crippen molar-refractivity contribution in [2.45, 2.75) is 39.8 Å². The van der Waals surface area contributed by atoms with Crippen molar-refractivity contribution in [1.82, 2.24) is 15.2 Å².